The highest BCUT2D eigenvalue weighted by molar-refractivity contribution is 7.89. The summed E-state index contributed by atoms with van der Waals surface area (Å²) in [6, 6.07) is 7.80. The van der Waals surface area contributed by atoms with Crippen LogP contribution in [-0.4, -0.2) is 48.2 Å². The number of ether oxygens (including phenoxy) is 1. The highest BCUT2D eigenvalue weighted by Crippen LogP contribution is 2.29. The lowest BCUT2D eigenvalue weighted by atomic mass is 9.98. The molecule has 1 aromatic heterocycles. The van der Waals surface area contributed by atoms with Crippen LogP contribution >= 0.6 is 0 Å². The molecule has 0 aliphatic carbocycles. The summed E-state index contributed by atoms with van der Waals surface area (Å²) in [6.45, 7) is 8.22. The van der Waals surface area contributed by atoms with Crippen LogP contribution < -0.4 is 0 Å². The number of nitrogens with zero attached hydrogens (tertiary/aromatic N) is 3. The minimum absolute atomic E-state index is 0.233. The molecule has 0 amide bonds. The van der Waals surface area contributed by atoms with Gasteiger partial charge in [0, 0.05) is 13.1 Å². The van der Waals surface area contributed by atoms with Crippen LogP contribution in [0.3, 0.4) is 0 Å². The van der Waals surface area contributed by atoms with Crippen molar-refractivity contribution in [3.05, 3.63) is 41.2 Å². The van der Waals surface area contributed by atoms with Crippen molar-refractivity contribution in [3.8, 4) is 5.69 Å². The second kappa shape index (κ2) is 8.05. The van der Waals surface area contributed by atoms with Crippen molar-refractivity contribution in [2.75, 3.05) is 19.7 Å². The maximum Gasteiger partial charge on any atom is 0.309 e. The van der Waals surface area contributed by atoms with E-state index in [0.717, 1.165) is 11.3 Å². The molecular formula is C20H27N3O4S. The van der Waals surface area contributed by atoms with Gasteiger partial charge in [0.25, 0.3) is 0 Å². The van der Waals surface area contributed by atoms with E-state index in [4.69, 9.17) is 4.74 Å². The van der Waals surface area contributed by atoms with Gasteiger partial charge in [0.05, 0.1) is 29.6 Å². The fourth-order valence-electron chi connectivity index (χ4n) is 3.66. The summed E-state index contributed by atoms with van der Waals surface area (Å²) < 4.78 is 34.8. The Morgan fingerprint density at radius 3 is 2.32 bits per heavy atom. The molecule has 8 heteroatoms. The summed E-state index contributed by atoms with van der Waals surface area (Å²) in [6.07, 6.45) is 0.949. The summed E-state index contributed by atoms with van der Waals surface area (Å²) in [7, 11) is -3.68. The Morgan fingerprint density at radius 1 is 1.14 bits per heavy atom. The quantitative estimate of drug-likeness (QED) is 0.715. The van der Waals surface area contributed by atoms with Crippen LogP contribution in [0.5, 0.6) is 0 Å². The van der Waals surface area contributed by atoms with Crippen molar-refractivity contribution in [1.29, 1.82) is 0 Å². The van der Waals surface area contributed by atoms with E-state index in [1.165, 1.54) is 4.31 Å². The standard InChI is InChI=1S/C20H27N3O4S/c1-5-27-20(24)17-10-12-22(13-11-17)28(25,26)19-15(3)21-23(16(19)4)18-8-6-14(2)7-9-18/h6-9,17H,5,10-13H2,1-4H3. The number of hydrogen-bond acceptors (Lipinski definition) is 5. The van der Waals surface area contributed by atoms with E-state index in [1.54, 1.807) is 25.5 Å². The first kappa shape index (κ1) is 20.5. The van der Waals surface area contributed by atoms with Gasteiger partial charge in [-0.1, -0.05) is 17.7 Å². The number of carbonyl (C=O) groups is 1. The summed E-state index contributed by atoms with van der Waals surface area (Å²) in [4.78, 5) is 12.2. The lowest BCUT2D eigenvalue weighted by molar-refractivity contribution is -0.149. The molecule has 1 saturated heterocycles. The molecular weight excluding hydrogens is 378 g/mol. The number of rotatable bonds is 5. The number of hydrogen-bond donors (Lipinski definition) is 0. The molecule has 3 rings (SSSR count). The molecule has 0 radical (unpaired) electrons. The number of esters is 1. The van der Waals surface area contributed by atoms with Crippen molar-refractivity contribution in [2.45, 2.75) is 45.4 Å². The molecule has 0 spiro atoms. The monoisotopic (exact) mass is 405 g/mol. The summed E-state index contributed by atoms with van der Waals surface area (Å²) in [5.74, 6) is -0.469. The summed E-state index contributed by atoms with van der Waals surface area (Å²) >= 11 is 0. The number of carbonyl (C=O) groups excluding carboxylic acids is 1. The van der Waals surface area contributed by atoms with Crippen LogP contribution in [0.1, 0.15) is 36.7 Å². The van der Waals surface area contributed by atoms with Gasteiger partial charge in [0.15, 0.2) is 0 Å². The highest BCUT2D eigenvalue weighted by atomic mass is 32.2. The molecule has 0 atom stereocenters. The molecule has 0 saturated carbocycles. The van der Waals surface area contributed by atoms with Gasteiger partial charge in [-0.15, -0.1) is 0 Å². The second-order valence-electron chi connectivity index (χ2n) is 7.18. The van der Waals surface area contributed by atoms with Gasteiger partial charge in [0.2, 0.25) is 10.0 Å². The van der Waals surface area contributed by atoms with Crippen LogP contribution in [-0.2, 0) is 19.6 Å². The molecule has 2 heterocycles. The van der Waals surface area contributed by atoms with Crippen molar-refractivity contribution < 1.29 is 17.9 Å². The molecule has 1 aromatic carbocycles. The second-order valence-corrected chi connectivity index (χ2v) is 9.05. The van der Waals surface area contributed by atoms with Gasteiger partial charge >= 0.3 is 5.97 Å². The number of aryl methyl sites for hydroxylation is 2. The van der Waals surface area contributed by atoms with E-state index in [2.05, 4.69) is 5.10 Å². The fourth-order valence-corrected chi connectivity index (χ4v) is 5.48. The molecule has 0 bridgehead atoms. The van der Waals surface area contributed by atoms with Gasteiger partial charge in [-0.3, -0.25) is 4.79 Å². The summed E-state index contributed by atoms with van der Waals surface area (Å²) in [5, 5.41) is 4.48. The van der Waals surface area contributed by atoms with Gasteiger partial charge in [-0.2, -0.15) is 9.40 Å². The maximum absolute atomic E-state index is 13.3. The molecule has 2 aromatic rings. The average molecular weight is 406 g/mol. The first-order chi connectivity index (χ1) is 13.3. The third-order valence-corrected chi connectivity index (χ3v) is 7.33. The molecule has 1 aliphatic rings. The van der Waals surface area contributed by atoms with Crippen LogP contribution in [0.15, 0.2) is 29.2 Å². The van der Waals surface area contributed by atoms with E-state index in [9.17, 15) is 13.2 Å². The van der Waals surface area contributed by atoms with Crippen molar-refractivity contribution in [2.24, 2.45) is 5.92 Å². The average Bonchev–Trinajstić information content (AvgIpc) is 2.97. The van der Waals surface area contributed by atoms with E-state index < -0.39 is 10.0 Å². The van der Waals surface area contributed by atoms with E-state index in [0.29, 0.717) is 43.9 Å². The van der Waals surface area contributed by atoms with Crippen LogP contribution in [0.2, 0.25) is 0 Å². The Kier molecular flexibility index (Phi) is 5.90. The molecule has 152 valence electrons. The molecule has 0 N–H and O–H groups in total. The van der Waals surface area contributed by atoms with Crippen LogP contribution in [0, 0.1) is 26.7 Å². The Hall–Kier alpha value is -2.19. The largest absolute Gasteiger partial charge is 0.466 e. The lowest BCUT2D eigenvalue weighted by Crippen LogP contribution is -2.40. The van der Waals surface area contributed by atoms with Gasteiger partial charge < -0.3 is 4.74 Å². The third kappa shape index (κ3) is 3.84. The molecule has 1 aliphatic heterocycles. The SMILES string of the molecule is CCOC(=O)C1CCN(S(=O)(=O)c2c(C)nn(-c3ccc(C)cc3)c2C)CC1. The normalized spacial score (nSPS) is 16.3. The fraction of sp³-hybridized carbons (Fsp3) is 0.500. The van der Waals surface area contributed by atoms with Gasteiger partial charge in [0.1, 0.15) is 4.90 Å². The Morgan fingerprint density at radius 2 is 1.75 bits per heavy atom. The first-order valence-corrected chi connectivity index (χ1v) is 11.0. The molecule has 28 heavy (non-hydrogen) atoms. The summed E-state index contributed by atoms with van der Waals surface area (Å²) in [5.41, 5.74) is 3.02. The third-order valence-electron chi connectivity index (χ3n) is 5.18. The minimum Gasteiger partial charge on any atom is -0.466 e. The zero-order chi connectivity index (χ0) is 20.5. The zero-order valence-electron chi connectivity index (χ0n) is 16.8. The number of aromatic nitrogens is 2. The van der Waals surface area contributed by atoms with Crippen molar-refractivity contribution in [3.63, 3.8) is 0 Å². The topological polar surface area (TPSA) is 81.5 Å². The molecule has 1 fully saturated rings. The molecule has 7 nitrogen and oxygen atoms in total. The minimum atomic E-state index is -3.68. The van der Waals surface area contributed by atoms with E-state index >= 15 is 0 Å². The van der Waals surface area contributed by atoms with Gasteiger partial charge in [-0.05, 0) is 52.7 Å². The zero-order valence-corrected chi connectivity index (χ0v) is 17.6. The van der Waals surface area contributed by atoms with Crippen LogP contribution in [0.25, 0.3) is 5.69 Å². The predicted octanol–water partition coefficient (Wildman–Crippen LogP) is 2.76. The lowest BCUT2D eigenvalue weighted by Gasteiger charge is -2.30. The number of sulfonamides is 1. The number of benzene rings is 1. The predicted molar refractivity (Wildman–Crippen MR) is 106 cm³/mol. The smallest absolute Gasteiger partial charge is 0.309 e. The van der Waals surface area contributed by atoms with Crippen molar-refractivity contribution >= 4 is 16.0 Å². The van der Waals surface area contributed by atoms with Crippen LogP contribution in [0.4, 0.5) is 0 Å². The Bertz CT molecular complexity index is 956. The van der Waals surface area contributed by atoms with E-state index in [1.807, 2.05) is 31.2 Å². The first-order valence-electron chi connectivity index (χ1n) is 9.55. The van der Waals surface area contributed by atoms with Gasteiger partial charge in [-0.25, -0.2) is 13.1 Å². The molecule has 0 unspecified atom stereocenters. The highest BCUT2D eigenvalue weighted by Gasteiger charge is 2.35. The Labute approximate surface area is 166 Å². The van der Waals surface area contributed by atoms with E-state index in [-0.39, 0.29) is 16.8 Å². The van der Waals surface area contributed by atoms with Crippen molar-refractivity contribution in [1.82, 2.24) is 14.1 Å². The Balaban J connectivity index is 1.85. The maximum atomic E-state index is 13.3. The number of piperidine rings is 1.